The lowest BCUT2D eigenvalue weighted by Crippen LogP contribution is -2.46. The number of carbonyl (C=O) groups excluding carboxylic acids is 1. The number of amides is 2. The molecule has 0 bridgehead atoms. The van der Waals surface area contributed by atoms with Crippen molar-refractivity contribution in [3.05, 3.63) is 0 Å². The lowest BCUT2D eigenvalue weighted by atomic mass is 10.1. The molecule has 1 heterocycles. The predicted molar refractivity (Wildman–Crippen MR) is 49.0 cm³/mol. The molecule has 0 aromatic carbocycles. The monoisotopic (exact) mass is 170 g/mol. The van der Waals surface area contributed by atoms with Crippen molar-refractivity contribution >= 4 is 6.03 Å². The van der Waals surface area contributed by atoms with Crippen molar-refractivity contribution in [2.45, 2.75) is 26.7 Å². The van der Waals surface area contributed by atoms with E-state index in [-0.39, 0.29) is 6.03 Å². The third kappa shape index (κ3) is 2.72. The van der Waals surface area contributed by atoms with Gasteiger partial charge in [-0.3, -0.25) is 0 Å². The van der Waals surface area contributed by atoms with E-state index >= 15 is 0 Å². The fourth-order valence-electron chi connectivity index (χ4n) is 1.31. The van der Waals surface area contributed by atoms with E-state index in [1.165, 1.54) is 0 Å². The normalized spacial score (nSPS) is 18.2. The Hall–Kier alpha value is -0.730. The molecular weight excluding hydrogens is 152 g/mol. The molecule has 3 heteroatoms. The van der Waals surface area contributed by atoms with Crippen LogP contribution < -0.4 is 5.32 Å². The Morgan fingerprint density at radius 1 is 1.58 bits per heavy atom. The van der Waals surface area contributed by atoms with Gasteiger partial charge in [0.1, 0.15) is 0 Å². The van der Waals surface area contributed by atoms with Gasteiger partial charge in [-0.05, 0) is 18.8 Å². The van der Waals surface area contributed by atoms with Gasteiger partial charge in [-0.25, -0.2) is 4.79 Å². The zero-order valence-corrected chi connectivity index (χ0v) is 7.97. The van der Waals surface area contributed by atoms with Crippen molar-refractivity contribution in [3.8, 4) is 0 Å². The molecule has 0 aliphatic carbocycles. The lowest BCUT2D eigenvalue weighted by Gasteiger charge is -2.27. The van der Waals surface area contributed by atoms with Gasteiger partial charge in [0, 0.05) is 19.6 Å². The Labute approximate surface area is 74.1 Å². The quantitative estimate of drug-likeness (QED) is 0.683. The second kappa shape index (κ2) is 4.33. The van der Waals surface area contributed by atoms with Gasteiger partial charge in [0.25, 0.3) is 0 Å². The number of rotatable bonds is 3. The summed E-state index contributed by atoms with van der Waals surface area (Å²) in [7, 11) is 0. The molecule has 1 fully saturated rings. The number of nitrogens with one attached hydrogen (secondary N) is 1. The molecule has 0 unspecified atom stereocenters. The second-order valence-corrected chi connectivity index (χ2v) is 3.76. The molecule has 70 valence electrons. The van der Waals surface area contributed by atoms with E-state index in [9.17, 15) is 4.79 Å². The van der Waals surface area contributed by atoms with Crippen molar-refractivity contribution in [2.75, 3.05) is 19.6 Å². The molecular formula is C9H18N2O. The lowest BCUT2D eigenvalue weighted by molar-refractivity contribution is 0.183. The molecule has 2 amide bonds. The maximum atomic E-state index is 11.2. The van der Waals surface area contributed by atoms with Gasteiger partial charge in [0.15, 0.2) is 0 Å². The predicted octanol–water partition coefficient (Wildman–Crippen LogP) is 1.45. The van der Waals surface area contributed by atoms with Crippen LogP contribution in [-0.4, -0.2) is 30.6 Å². The van der Waals surface area contributed by atoms with Crippen LogP contribution in [0.3, 0.4) is 0 Å². The highest BCUT2D eigenvalue weighted by Gasteiger charge is 2.16. The summed E-state index contributed by atoms with van der Waals surface area (Å²) >= 11 is 0. The largest absolute Gasteiger partial charge is 0.338 e. The number of carbonyl (C=O) groups is 1. The van der Waals surface area contributed by atoms with Gasteiger partial charge in [0.2, 0.25) is 0 Å². The fraction of sp³-hybridized carbons (Fsp3) is 0.889. The van der Waals surface area contributed by atoms with Crippen LogP contribution in [0.4, 0.5) is 4.79 Å². The van der Waals surface area contributed by atoms with Gasteiger partial charge >= 0.3 is 6.03 Å². The smallest absolute Gasteiger partial charge is 0.317 e. The average molecular weight is 170 g/mol. The highest BCUT2D eigenvalue weighted by Crippen LogP contribution is 2.05. The molecule has 1 aliphatic heterocycles. The van der Waals surface area contributed by atoms with Crippen LogP contribution in [0.15, 0.2) is 0 Å². The maximum absolute atomic E-state index is 11.2. The molecule has 0 radical (unpaired) electrons. The Morgan fingerprint density at radius 2 is 2.33 bits per heavy atom. The van der Waals surface area contributed by atoms with Crippen LogP contribution in [0.5, 0.6) is 0 Å². The summed E-state index contributed by atoms with van der Waals surface area (Å²) in [6.07, 6.45) is 2.19. The first-order chi connectivity index (χ1) is 5.70. The summed E-state index contributed by atoms with van der Waals surface area (Å²) < 4.78 is 0. The first kappa shape index (κ1) is 9.36. The fourth-order valence-corrected chi connectivity index (χ4v) is 1.31. The van der Waals surface area contributed by atoms with Gasteiger partial charge in [-0.2, -0.15) is 0 Å². The molecule has 1 rings (SSSR count). The van der Waals surface area contributed by atoms with Crippen LogP contribution >= 0.6 is 0 Å². The molecule has 1 N–H and O–H groups in total. The number of nitrogens with zero attached hydrogens (tertiary/aromatic N) is 1. The minimum Gasteiger partial charge on any atom is -0.338 e. The molecule has 0 spiro atoms. The third-order valence-corrected chi connectivity index (χ3v) is 2.14. The number of urea groups is 1. The Balaban J connectivity index is 2.25. The standard InChI is InChI=1S/C9H18N2O/c1-8(2)4-7-11-6-3-5-10-9(11)12/h8H,3-7H2,1-2H3,(H,10,12). The minimum absolute atomic E-state index is 0.113. The summed E-state index contributed by atoms with van der Waals surface area (Å²) in [5, 5.41) is 2.84. The van der Waals surface area contributed by atoms with Crippen LogP contribution in [0.2, 0.25) is 0 Å². The molecule has 1 saturated heterocycles. The van der Waals surface area contributed by atoms with E-state index in [2.05, 4.69) is 19.2 Å². The summed E-state index contributed by atoms with van der Waals surface area (Å²) in [5.74, 6) is 0.680. The van der Waals surface area contributed by atoms with E-state index < -0.39 is 0 Å². The molecule has 1 aliphatic rings. The third-order valence-electron chi connectivity index (χ3n) is 2.14. The Bertz CT molecular complexity index is 157. The molecule has 0 aromatic heterocycles. The molecule has 0 atom stereocenters. The van der Waals surface area contributed by atoms with Crippen LogP contribution in [0.1, 0.15) is 26.7 Å². The van der Waals surface area contributed by atoms with Crippen molar-refractivity contribution in [3.63, 3.8) is 0 Å². The van der Waals surface area contributed by atoms with Gasteiger partial charge in [-0.15, -0.1) is 0 Å². The topological polar surface area (TPSA) is 32.3 Å². The van der Waals surface area contributed by atoms with Crippen molar-refractivity contribution in [2.24, 2.45) is 5.92 Å². The van der Waals surface area contributed by atoms with Crippen molar-refractivity contribution in [1.29, 1.82) is 0 Å². The first-order valence-corrected chi connectivity index (χ1v) is 4.73. The second-order valence-electron chi connectivity index (χ2n) is 3.76. The van der Waals surface area contributed by atoms with E-state index in [0.29, 0.717) is 5.92 Å². The summed E-state index contributed by atoms with van der Waals surface area (Å²) in [6, 6.07) is 0.113. The van der Waals surface area contributed by atoms with Gasteiger partial charge in [0.05, 0.1) is 0 Å². The van der Waals surface area contributed by atoms with E-state index in [0.717, 1.165) is 32.5 Å². The first-order valence-electron chi connectivity index (χ1n) is 4.73. The maximum Gasteiger partial charge on any atom is 0.317 e. The molecule has 0 saturated carbocycles. The van der Waals surface area contributed by atoms with Crippen LogP contribution in [0, 0.1) is 5.92 Å². The zero-order chi connectivity index (χ0) is 8.97. The number of hydrogen-bond acceptors (Lipinski definition) is 1. The van der Waals surface area contributed by atoms with Gasteiger partial charge in [-0.1, -0.05) is 13.8 Å². The summed E-state index contributed by atoms with van der Waals surface area (Å²) in [5.41, 5.74) is 0. The minimum atomic E-state index is 0.113. The van der Waals surface area contributed by atoms with E-state index in [1.807, 2.05) is 4.90 Å². The summed E-state index contributed by atoms with van der Waals surface area (Å²) in [6.45, 7) is 7.04. The van der Waals surface area contributed by atoms with E-state index in [4.69, 9.17) is 0 Å². The highest BCUT2D eigenvalue weighted by atomic mass is 16.2. The van der Waals surface area contributed by atoms with Gasteiger partial charge < -0.3 is 10.2 Å². The van der Waals surface area contributed by atoms with E-state index in [1.54, 1.807) is 0 Å². The Kier molecular flexibility index (Phi) is 3.38. The van der Waals surface area contributed by atoms with Crippen LogP contribution in [0.25, 0.3) is 0 Å². The molecule has 12 heavy (non-hydrogen) atoms. The number of hydrogen-bond donors (Lipinski definition) is 1. The molecule has 3 nitrogen and oxygen atoms in total. The SMILES string of the molecule is CC(C)CCN1CCCNC1=O. The molecule has 0 aromatic rings. The Morgan fingerprint density at radius 3 is 2.92 bits per heavy atom. The average Bonchev–Trinajstić information content (AvgIpc) is 2.03. The highest BCUT2D eigenvalue weighted by molar-refractivity contribution is 5.74. The van der Waals surface area contributed by atoms with Crippen molar-refractivity contribution < 1.29 is 4.79 Å². The van der Waals surface area contributed by atoms with Crippen molar-refractivity contribution in [1.82, 2.24) is 10.2 Å². The summed E-state index contributed by atoms with van der Waals surface area (Å²) in [4.78, 5) is 13.1. The zero-order valence-electron chi connectivity index (χ0n) is 7.97. The van der Waals surface area contributed by atoms with Crippen LogP contribution in [-0.2, 0) is 0 Å².